The van der Waals surface area contributed by atoms with Gasteiger partial charge in [-0.3, -0.25) is 0 Å². The highest BCUT2D eigenvalue weighted by atomic mass is 32.2. The van der Waals surface area contributed by atoms with Crippen LogP contribution in [0.15, 0.2) is 58.1 Å². The molecule has 2 aromatic carbocycles. The fourth-order valence-electron chi connectivity index (χ4n) is 2.65. The number of hydrogen-bond acceptors (Lipinski definition) is 7. The SMILES string of the molecule is COc1ccccc1-c1noc(CSc2nc(C)nc3ccccc23)n1. The predicted octanol–water partition coefficient (Wildman–Crippen LogP) is 4.29. The highest BCUT2D eigenvalue weighted by Crippen LogP contribution is 2.30. The van der Waals surface area contributed by atoms with Crippen LogP contribution in [0.3, 0.4) is 0 Å². The molecule has 0 amide bonds. The Labute approximate surface area is 154 Å². The summed E-state index contributed by atoms with van der Waals surface area (Å²) >= 11 is 1.56. The average Bonchev–Trinajstić information content (AvgIpc) is 3.14. The summed E-state index contributed by atoms with van der Waals surface area (Å²) < 4.78 is 10.8. The van der Waals surface area contributed by atoms with Crippen LogP contribution in [0.5, 0.6) is 5.75 Å². The minimum atomic E-state index is 0.516. The Morgan fingerprint density at radius 2 is 1.81 bits per heavy atom. The Hall–Kier alpha value is -2.93. The molecule has 4 aromatic rings. The molecule has 26 heavy (non-hydrogen) atoms. The second kappa shape index (κ2) is 7.13. The van der Waals surface area contributed by atoms with E-state index in [1.807, 2.05) is 55.5 Å². The van der Waals surface area contributed by atoms with E-state index in [9.17, 15) is 0 Å². The number of para-hydroxylation sites is 2. The molecule has 0 aliphatic rings. The lowest BCUT2D eigenvalue weighted by molar-refractivity contribution is 0.390. The molecule has 0 saturated heterocycles. The molecule has 0 bridgehead atoms. The van der Waals surface area contributed by atoms with Gasteiger partial charge in [-0.05, 0) is 25.1 Å². The third-order valence-corrected chi connectivity index (χ3v) is 4.80. The van der Waals surface area contributed by atoms with Gasteiger partial charge in [0.15, 0.2) is 0 Å². The van der Waals surface area contributed by atoms with Gasteiger partial charge >= 0.3 is 0 Å². The lowest BCUT2D eigenvalue weighted by Crippen LogP contribution is -1.93. The molecule has 2 heterocycles. The molecule has 0 aliphatic heterocycles. The molecule has 0 atom stereocenters. The number of benzene rings is 2. The molecule has 130 valence electrons. The van der Waals surface area contributed by atoms with Crippen molar-refractivity contribution in [2.24, 2.45) is 0 Å². The van der Waals surface area contributed by atoms with E-state index >= 15 is 0 Å². The Bertz CT molecular complexity index is 1060. The van der Waals surface area contributed by atoms with Crippen LogP contribution in [0.1, 0.15) is 11.7 Å². The molecule has 0 spiro atoms. The van der Waals surface area contributed by atoms with Gasteiger partial charge in [0, 0.05) is 5.39 Å². The molecule has 4 rings (SSSR count). The van der Waals surface area contributed by atoms with Crippen LogP contribution in [0.2, 0.25) is 0 Å². The van der Waals surface area contributed by atoms with E-state index in [-0.39, 0.29) is 0 Å². The zero-order valence-electron chi connectivity index (χ0n) is 14.3. The van der Waals surface area contributed by atoms with E-state index in [1.165, 1.54) is 0 Å². The van der Waals surface area contributed by atoms with Crippen molar-refractivity contribution >= 4 is 22.7 Å². The molecule has 0 unspecified atom stereocenters. The predicted molar refractivity (Wildman–Crippen MR) is 100 cm³/mol. The number of methoxy groups -OCH3 is 1. The summed E-state index contributed by atoms with van der Waals surface area (Å²) in [6.07, 6.45) is 0. The average molecular weight is 364 g/mol. The number of aromatic nitrogens is 4. The largest absolute Gasteiger partial charge is 0.496 e. The number of fused-ring (bicyclic) bond motifs is 1. The summed E-state index contributed by atoms with van der Waals surface area (Å²) in [7, 11) is 1.62. The molecule has 0 radical (unpaired) electrons. The van der Waals surface area contributed by atoms with Gasteiger partial charge in [0.05, 0.1) is 23.9 Å². The third kappa shape index (κ3) is 3.25. The summed E-state index contributed by atoms with van der Waals surface area (Å²) in [5.41, 5.74) is 1.74. The highest BCUT2D eigenvalue weighted by Gasteiger charge is 2.14. The smallest absolute Gasteiger partial charge is 0.237 e. The van der Waals surface area contributed by atoms with Crippen LogP contribution in [0, 0.1) is 6.92 Å². The number of aryl methyl sites for hydroxylation is 1. The molecule has 0 N–H and O–H groups in total. The fourth-order valence-corrected chi connectivity index (χ4v) is 3.55. The van der Waals surface area contributed by atoms with E-state index in [4.69, 9.17) is 9.26 Å². The number of thioether (sulfide) groups is 1. The topological polar surface area (TPSA) is 73.9 Å². The van der Waals surface area contributed by atoms with Gasteiger partial charge in [-0.1, -0.05) is 47.3 Å². The minimum Gasteiger partial charge on any atom is -0.496 e. The molecule has 6 nitrogen and oxygen atoms in total. The Morgan fingerprint density at radius 1 is 1.00 bits per heavy atom. The minimum absolute atomic E-state index is 0.516. The number of rotatable bonds is 5. The first-order chi connectivity index (χ1) is 12.7. The van der Waals surface area contributed by atoms with Gasteiger partial charge in [-0.25, -0.2) is 9.97 Å². The van der Waals surface area contributed by atoms with E-state index in [0.29, 0.717) is 23.2 Å². The molecule has 0 fully saturated rings. The van der Waals surface area contributed by atoms with Gasteiger partial charge in [-0.15, -0.1) is 0 Å². The highest BCUT2D eigenvalue weighted by molar-refractivity contribution is 7.98. The number of nitrogens with zero attached hydrogens (tertiary/aromatic N) is 4. The third-order valence-electron chi connectivity index (χ3n) is 3.83. The van der Waals surface area contributed by atoms with Gasteiger partial charge < -0.3 is 9.26 Å². The zero-order valence-corrected chi connectivity index (χ0v) is 15.2. The van der Waals surface area contributed by atoms with Gasteiger partial charge in [0.2, 0.25) is 11.7 Å². The normalized spacial score (nSPS) is 11.0. The van der Waals surface area contributed by atoms with E-state index in [0.717, 1.165) is 27.3 Å². The van der Waals surface area contributed by atoms with Crippen molar-refractivity contribution in [3.8, 4) is 17.1 Å². The fraction of sp³-hybridized carbons (Fsp3) is 0.158. The van der Waals surface area contributed by atoms with E-state index in [2.05, 4.69) is 20.1 Å². The Morgan fingerprint density at radius 3 is 2.69 bits per heavy atom. The molecule has 7 heteroatoms. The first-order valence-electron chi connectivity index (χ1n) is 8.07. The molecular weight excluding hydrogens is 348 g/mol. The second-order valence-corrected chi connectivity index (χ2v) is 6.56. The van der Waals surface area contributed by atoms with Gasteiger partial charge in [0.25, 0.3) is 0 Å². The van der Waals surface area contributed by atoms with Crippen molar-refractivity contribution in [2.75, 3.05) is 7.11 Å². The van der Waals surface area contributed by atoms with Crippen molar-refractivity contribution < 1.29 is 9.26 Å². The summed E-state index contributed by atoms with van der Waals surface area (Å²) in [6, 6.07) is 15.6. The standard InChI is InChI=1S/C19H16N4O2S/c1-12-20-15-9-5-3-7-13(15)19(21-12)26-11-17-22-18(23-25-17)14-8-4-6-10-16(14)24-2/h3-10H,11H2,1-2H3. The van der Waals surface area contributed by atoms with Crippen LogP contribution >= 0.6 is 11.8 Å². The maximum absolute atomic E-state index is 5.40. The number of ether oxygens (including phenoxy) is 1. The second-order valence-electron chi connectivity index (χ2n) is 5.59. The number of hydrogen-bond donors (Lipinski definition) is 0. The van der Waals surface area contributed by atoms with Crippen molar-refractivity contribution in [1.82, 2.24) is 20.1 Å². The molecule has 0 aliphatic carbocycles. The Kier molecular flexibility index (Phi) is 4.53. The van der Waals surface area contributed by atoms with Gasteiger partial charge in [-0.2, -0.15) is 4.98 Å². The van der Waals surface area contributed by atoms with Crippen molar-refractivity contribution in [1.29, 1.82) is 0 Å². The first kappa shape index (κ1) is 16.5. The maximum Gasteiger partial charge on any atom is 0.237 e. The Balaban J connectivity index is 1.58. The molecule has 0 saturated carbocycles. The summed E-state index contributed by atoms with van der Waals surface area (Å²) in [6.45, 7) is 1.89. The molecule has 2 aromatic heterocycles. The summed E-state index contributed by atoms with van der Waals surface area (Å²) in [5.74, 6) is 3.04. The lowest BCUT2D eigenvalue weighted by atomic mass is 10.2. The summed E-state index contributed by atoms with van der Waals surface area (Å²) in [5, 5.41) is 6.00. The summed E-state index contributed by atoms with van der Waals surface area (Å²) in [4.78, 5) is 13.5. The van der Waals surface area contributed by atoms with Crippen LogP contribution in [-0.4, -0.2) is 27.2 Å². The van der Waals surface area contributed by atoms with Crippen LogP contribution in [0.25, 0.3) is 22.3 Å². The van der Waals surface area contributed by atoms with Crippen molar-refractivity contribution in [2.45, 2.75) is 17.7 Å². The van der Waals surface area contributed by atoms with Gasteiger partial charge in [0.1, 0.15) is 16.6 Å². The zero-order chi connectivity index (χ0) is 17.9. The monoisotopic (exact) mass is 364 g/mol. The van der Waals surface area contributed by atoms with Crippen LogP contribution in [-0.2, 0) is 5.75 Å². The van der Waals surface area contributed by atoms with Crippen LogP contribution < -0.4 is 4.74 Å². The first-order valence-corrected chi connectivity index (χ1v) is 9.05. The maximum atomic E-state index is 5.40. The quantitative estimate of drug-likeness (QED) is 0.386. The van der Waals surface area contributed by atoms with Crippen LogP contribution in [0.4, 0.5) is 0 Å². The lowest BCUT2D eigenvalue weighted by Gasteiger charge is -2.05. The molecular formula is C19H16N4O2S. The van der Waals surface area contributed by atoms with Crippen molar-refractivity contribution in [3.05, 3.63) is 60.2 Å². The van der Waals surface area contributed by atoms with E-state index in [1.54, 1.807) is 18.9 Å². The van der Waals surface area contributed by atoms with Crippen molar-refractivity contribution in [3.63, 3.8) is 0 Å². The van der Waals surface area contributed by atoms with E-state index < -0.39 is 0 Å².